The lowest BCUT2D eigenvalue weighted by Gasteiger charge is -2.32. The Hall–Kier alpha value is -1.55. The number of amides is 1. The molecule has 1 aliphatic carbocycles. The average Bonchev–Trinajstić information content (AvgIpc) is 2.46. The summed E-state index contributed by atoms with van der Waals surface area (Å²) in [6, 6.07) is 7.70. The lowest BCUT2D eigenvalue weighted by molar-refractivity contribution is -0.122. The molecular formula is C16H24N2O2. The zero-order valence-electron chi connectivity index (χ0n) is 12.2. The normalized spacial score (nSPS) is 17.5. The van der Waals surface area contributed by atoms with Crippen molar-refractivity contribution in [3.05, 3.63) is 29.8 Å². The van der Waals surface area contributed by atoms with Crippen LogP contribution < -0.4 is 15.8 Å². The van der Waals surface area contributed by atoms with Crippen LogP contribution in [-0.4, -0.2) is 18.6 Å². The quantitative estimate of drug-likeness (QED) is 0.867. The Morgan fingerprint density at radius 3 is 2.50 bits per heavy atom. The molecule has 0 heterocycles. The SMILES string of the molecule is COc1ccc(CNC(=O)CC2(N)CCCCC2)cc1. The molecule has 0 spiro atoms. The number of carbonyl (C=O) groups excluding carboxylic acids is 1. The van der Waals surface area contributed by atoms with E-state index < -0.39 is 0 Å². The van der Waals surface area contributed by atoms with Crippen molar-refractivity contribution >= 4 is 5.91 Å². The zero-order chi connectivity index (χ0) is 14.4. The Morgan fingerprint density at radius 1 is 1.25 bits per heavy atom. The molecule has 0 aromatic heterocycles. The van der Waals surface area contributed by atoms with Crippen molar-refractivity contribution in [3.8, 4) is 5.75 Å². The molecule has 1 aromatic carbocycles. The highest BCUT2D eigenvalue weighted by atomic mass is 16.5. The minimum Gasteiger partial charge on any atom is -0.497 e. The van der Waals surface area contributed by atoms with Crippen molar-refractivity contribution in [1.82, 2.24) is 5.32 Å². The van der Waals surface area contributed by atoms with E-state index in [1.54, 1.807) is 7.11 Å². The predicted octanol–water partition coefficient (Wildman–Crippen LogP) is 2.36. The van der Waals surface area contributed by atoms with Crippen LogP contribution in [0.15, 0.2) is 24.3 Å². The van der Waals surface area contributed by atoms with Gasteiger partial charge in [-0.2, -0.15) is 0 Å². The molecule has 110 valence electrons. The van der Waals surface area contributed by atoms with Gasteiger partial charge >= 0.3 is 0 Å². The fourth-order valence-corrected chi connectivity index (χ4v) is 2.76. The van der Waals surface area contributed by atoms with Crippen molar-refractivity contribution in [2.45, 2.75) is 50.6 Å². The summed E-state index contributed by atoms with van der Waals surface area (Å²) in [6.45, 7) is 0.541. The van der Waals surface area contributed by atoms with Crippen molar-refractivity contribution in [2.75, 3.05) is 7.11 Å². The Kier molecular flexibility index (Phi) is 5.01. The number of hydrogen-bond acceptors (Lipinski definition) is 3. The third-order valence-electron chi connectivity index (χ3n) is 4.01. The Labute approximate surface area is 120 Å². The molecule has 0 radical (unpaired) electrons. The maximum atomic E-state index is 12.0. The topological polar surface area (TPSA) is 64.3 Å². The van der Waals surface area contributed by atoms with E-state index >= 15 is 0 Å². The third kappa shape index (κ3) is 4.23. The molecule has 0 aliphatic heterocycles. The first-order chi connectivity index (χ1) is 9.61. The number of hydrogen-bond donors (Lipinski definition) is 2. The van der Waals surface area contributed by atoms with Gasteiger partial charge < -0.3 is 15.8 Å². The van der Waals surface area contributed by atoms with Crippen molar-refractivity contribution in [1.29, 1.82) is 0 Å². The number of methoxy groups -OCH3 is 1. The number of carbonyl (C=O) groups is 1. The average molecular weight is 276 g/mol. The highest BCUT2D eigenvalue weighted by Gasteiger charge is 2.29. The largest absolute Gasteiger partial charge is 0.497 e. The molecular weight excluding hydrogens is 252 g/mol. The van der Waals surface area contributed by atoms with Gasteiger partial charge in [0.1, 0.15) is 5.75 Å². The van der Waals surface area contributed by atoms with Gasteiger partial charge in [-0.1, -0.05) is 31.4 Å². The number of ether oxygens (including phenoxy) is 1. The first kappa shape index (κ1) is 14.9. The number of nitrogens with two attached hydrogens (primary N) is 1. The van der Waals surface area contributed by atoms with Crippen LogP contribution in [0.4, 0.5) is 0 Å². The summed E-state index contributed by atoms with van der Waals surface area (Å²) >= 11 is 0. The van der Waals surface area contributed by atoms with Crippen LogP contribution >= 0.6 is 0 Å². The fourth-order valence-electron chi connectivity index (χ4n) is 2.76. The van der Waals surface area contributed by atoms with Crippen LogP contribution in [0.1, 0.15) is 44.1 Å². The molecule has 0 saturated heterocycles. The highest BCUT2D eigenvalue weighted by molar-refractivity contribution is 5.77. The van der Waals surface area contributed by atoms with Crippen molar-refractivity contribution < 1.29 is 9.53 Å². The Bertz CT molecular complexity index is 436. The molecule has 4 nitrogen and oxygen atoms in total. The molecule has 20 heavy (non-hydrogen) atoms. The fraction of sp³-hybridized carbons (Fsp3) is 0.562. The zero-order valence-corrected chi connectivity index (χ0v) is 12.2. The van der Waals surface area contributed by atoms with E-state index in [1.165, 1.54) is 6.42 Å². The van der Waals surface area contributed by atoms with E-state index in [2.05, 4.69) is 5.32 Å². The van der Waals surface area contributed by atoms with Gasteiger partial charge in [0.2, 0.25) is 5.91 Å². The number of nitrogens with one attached hydrogen (secondary N) is 1. The summed E-state index contributed by atoms with van der Waals surface area (Å²) in [5, 5.41) is 2.95. The number of rotatable bonds is 5. The molecule has 1 saturated carbocycles. The molecule has 3 N–H and O–H groups in total. The highest BCUT2D eigenvalue weighted by Crippen LogP contribution is 2.28. The molecule has 1 amide bonds. The maximum Gasteiger partial charge on any atom is 0.222 e. The standard InChI is InChI=1S/C16H24N2O2/c1-20-14-7-5-13(6-8-14)12-18-15(19)11-16(17)9-3-2-4-10-16/h5-8H,2-4,9-12,17H2,1H3,(H,18,19). The Morgan fingerprint density at radius 2 is 1.90 bits per heavy atom. The Balaban J connectivity index is 1.79. The van der Waals surface area contributed by atoms with Crippen LogP contribution in [0.25, 0.3) is 0 Å². The molecule has 0 bridgehead atoms. The minimum absolute atomic E-state index is 0.0465. The van der Waals surface area contributed by atoms with Gasteiger partial charge in [-0.25, -0.2) is 0 Å². The summed E-state index contributed by atoms with van der Waals surface area (Å²) in [4.78, 5) is 12.0. The first-order valence-corrected chi connectivity index (χ1v) is 7.30. The van der Waals surface area contributed by atoms with E-state index in [0.717, 1.165) is 37.0 Å². The summed E-state index contributed by atoms with van der Waals surface area (Å²) in [5.41, 5.74) is 7.06. The van der Waals surface area contributed by atoms with Crippen LogP contribution in [0.5, 0.6) is 5.75 Å². The first-order valence-electron chi connectivity index (χ1n) is 7.30. The number of benzene rings is 1. The van der Waals surface area contributed by atoms with Crippen LogP contribution in [-0.2, 0) is 11.3 Å². The summed E-state index contributed by atoms with van der Waals surface area (Å²) in [6.07, 6.45) is 5.88. The second kappa shape index (κ2) is 6.75. The molecule has 4 heteroatoms. The molecule has 0 atom stereocenters. The lowest BCUT2D eigenvalue weighted by Crippen LogP contribution is -2.45. The van der Waals surface area contributed by atoms with Gasteiger partial charge in [0.25, 0.3) is 0 Å². The van der Waals surface area contributed by atoms with Gasteiger partial charge in [0, 0.05) is 18.5 Å². The van der Waals surface area contributed by atoms with Crippen LogP contribution in [0, 0.1) is 0 Å². The van der Waals surface area contributed by atoms with Crippen molar-refractivity contribution in [2.24, 2.45) is 5.73 Å². The van der Waals surface area contributed by atoms with Gasteiger partial charge in [0.15, 0.2) is 0 Å². The van der Waals surface area contributed by atoms with Gasteiger partial charge in [-0.05, 0) is 30.5 Å². The second-order valence-electron chi connectivity index (χ2n) is 5.72. The molecule has 0 unspecified atom stereocenters. The van der Waals surface area contributed by atoms with Gasteiger partial charge in [-0.15, -0.1) is 0 Å². The summed E-state index contributed by atoms with van der Waals surface area (Å²) in [7, 11) is 1.64. The van der Waals surface area contributed by atoms with E-state index in [9.17, 15) is 4.79 Å². The van der Waals surface area contributed by atoms with E-state index in [4.69, 9.17) is 10.5 Å². The van der Waals surface area contributed by atoms with Gasteiger partial charge in [-0.3, -0.25) is 4.79 Å². The molecule has 2 rings (SSSR count). The van der Waals surface area contributed by atoms with E-state index in [-0.39, 0.29) is 11.4 Å². The summed E-state index contributed by atoms with van der Waals surface area (Å²) < 4.78 is 5.10. The predicted molar refractivity (Wildman–Crippen MR) is 79.5 cm³/mol. The molecule has 1 aromatic rings. The monoisotopic (exact) mass is 276 g/mol. The molecule has 1 aliphatic rings. The van der Waals surface area contributed by atoms with Crippen LogP contribution in [0.3, 0.4) is 0 Å². The maximum absolute atomic E-state index is 12.0. The van der Waals surface area contributed by atoms with E-state index in [0.29, 0.717) is 13.0 Å². The van der Waals surface area contributed by atoms with E-state index in [1.807, 2.05) is 24.3 Å². The summed E-state index contributed by atoms with van der Waals surface area (Å²) in [5.74, 6) is 0.869. The van der Waals surface area contributed by atoms with Crippen molar-refractivity contribution in [3.63, 3.8) is 0 Å². The lowest BCUT2D eigenvalue weighted by atomic mass is 9.80. The minimum atomic E-state index is -0.289. The third-order valence-corrected chi connectivity index (χ3v) is 4.01. The van der Waals surface area contributed by atoms with Crippen LogP contribution in [0.2, 0.25) is 0 Å². The smallest absolute Gasteiger partial charge is 0.222 e. The molecule has 1 fully saturated rings. The van der Waals surface area contributed by atoms with Gasteiger partial charge in [0.05, 0.1) is 7.11 Å². The second-order valence-corrected chi connectivity index (χ2v) is 5.72.